The van der Waals surface area contributed by atoms with Gasteiger partial charge >= 0.3 is 12.0 Å². The summed E-state index contributed by atoms with van der Waals surface area (Å²) < 4.78 is 4.53. The van der Waals surface area contributed by atoms with E-state index in [4.69, 9.17) is 0 Å². The Bertz CT molecular complexity index is 219. The predicted molar refractivity (Wildman–Crippen MR) is 56.6 cm³/mol. The van der Waals surface area contributed by atoms with E-state index < -0.39 is 0 Å². The lowest BCUT2D eigenvalue weighted by Gasteiger charge is -2.14. The van der Waals surface area contributed by atoms with Crippen molar-refractivity contribution in [3.63, 3.8) is 0 Å². The first-order valence-corrected chi connectivity index (χ1v) is 4.75. The quantitative estimate of drug-likeness (QED) is 0.477. The second kappa shape index (κ2) is 7.05. The number of urea groups is 1. The summed E-state index contributed by atoms with van der Waals surface area (Å²) in [5.74, 6) is -0.311. The number of methoxy groups -OCH3 is 1. The van der Waals surface area contributed by atoms with Crippen molar-refractivity contribution in [1.29, 1.82) is 0 Å². The molecule has 88 valence electrons. The summed E-state index contributed by atoms with van der Waals surface area (Å²) in [6.45, 7) is 2.70. The molecule has 0 fully saturated rings. The molecule has 1 atom stereocenters. The zero-order chi connectivity index (χ0) is 11.8. The van der Waals surface area contributed by atoms with Gasteiger partial charge in [0.05, 0.1) is 7.11 Å². The molecular weight excluding hydrogens is 198 g/mol. The Labute approximate surface area is 90.0 Å². The van der Waals surface area contributed by atoms with Gasteiger partial charge in [-0.3, -0.25) is 4.79 Å². The van der Waals surface area contributed by atoms with Crippen LogP contribution in [0.2, 0.25) is 0 Å². The number of ether oxygens (including phenoxy) is 1. The van der Waals surface area contributed by atoms with Crippen molar-refractivity contribution in [2.24, 2.45) is 0 Å². The first-order valence-electron chi connectivity index (χ1n) is 4.75. The van der Waals surface area contributed by atoms with Crippen LogP contribution >= 0.6 is 0 Å². The van der Waals surface area contributed by atoms with Crippen LogP contribution in [0.1, 0.15) is 6.92 Å². The van der Waals surface area contributed by atoms with Crippen LogP contribution in [-0.2, 0) is 9.53 Å². The third kappa shape index (κ3) is 5.90. The van der Waals surface area contributed by atoms with Crippen LogP contribution < -0.4 is 10.6 Å². The Morgan fingerprint density at radius 2 is 1.93 bits per heavy atom. The monoisotopic (exact) mass is 217 g/mol. The number of amides is 2. The summed E-state index contributed by atoms with van der Waals surface area (Å²) in [4.78, 5) is 23.5. The lowest BCUT2D eigenvalue weighted by atomic mass is 10.3. The zero-order valence-electron chi connectivity index (χ0n) is 9.66. The number of rotatable bonds is 5. The summed E-state index contributed by atoms with van der Waals surface area (Å²) in [5, 5.41) is 5.59. The van der Waals surface area contributed by atoms with Crippen molar-refractivity contribution >= 4 is 12.0 Å². The van der Waals surface area contributed by atoms with E-state index in [9.17, 15) is 9.59 Å². The largest absolute Gasteiger partial charge is 0.468 e. The van der Waals surface area contributed by atoms with Gasteiger partial charge in [-0.1, -0.05) is 0 Å². The number of hydrogen-bond acceptors (Lipinski definition) is 4. The predicted octanol–water partition coefficient (Wildman–Crippen LogP) is -0.591. The SMILES string of the molecule is COC(=O)C(C)NCCNC(=O)N(C)C. The fraction of sp³-hybridized carbons (Fsp3) is 0.778. The maximum absolute atomic E-state index is 11.1. The van der Waals surface area contributed by atoms with Gasteiger partial charge in [-0.2, -0.15) is 0 Å². The van der Waals surface area contributed by atoms with Gasteiger partial charge < -0.3 is 20.3 Å². The molecule has 0 saturated heterocycles. The number of hydrogen-bond donors (Lipinski definition) is 2. The van der Waals surface area contributed by atoms with E-state index in [1.165, 1.54) is 12.0 Å². The van der Waals surface area contributed by atoms with Gasteiger partial charge in [-0.25, -0.2) is 4.79 Å². The van der Waals surface area contributed by atoms with Gasteiger partial charge in [0.15, 0.2) is 0 Å². The molecule has 2 N–H and O–H groups in total. The molecule has 2 amide bonds. The number of nitrogens with one attached hydrogen (secondary N) is 2. The second-order valence-corrected chi connectivity index (χ2v) is 3.33. The molecule has 1 unspecified atom stereocenters. The summed E-state index contributed by atoms with van der Waals surface area (Å²) in [6.07, 6.45) is 0. The van der Waals surface area contributed by atoms with Gasteiger partial charge in [0.2, 0.25) is 0 Å². The van der Waals surface area contributed by atoms with Gasteiger partial charge in [-0.05, 0) is 6.92 Å². The van der Waals surface area contributed by atoms with Gasteiger partial charge in [0, 0.05) is 27.2 Å². The first kappa shape index (κ1) is 13.7. The molecule has 0 aromatic heterocycles. The van der Waals surface area contributed by atoms with Crippen molar-refractivity contribution in [2.45, 2.75) is 13.0 Å². The smallest absolute Gasteiger partial charge is 0.322 e. The molecule has 0 aliphatic carbocycles. The molecule has 0 aromatic carbocycles. The van der Waals surface area contributed by atoms with Gasteiger partial charge in [0.1, 0.15) is 6.04 Å². The lowest BCUT2D eigenvalue weighted by Crippen LogP contribution is -2.42. The standard InChI is InChI=1S/C9H19N3O3/c1-7(8(13)15-4)10-5-6-11-9(14)12(2)3/h7,10H,5-6H2,1-4H3,(H,11,14). The third-order valence-corrected chi connectivity index (χ3v) is 1.81. The van der Waals surface area contributed by atoms with Crippen molar-refractivity contribution in [1.82, 2.24) is 15.5 Å². The normalized spacial score (nSPS) is 11.7. The van der Waals surface area contributed by atoms with Crippen LogP contribution in [-0.4, -0.2) is 57.2 Å². The van der Waals surface area contributed by atoms with E-state index in [0.717, 1.165) is 0 Å². The highest BCUT2D eigenvalue weighted by Crippen LogP contribution is 1.84. The third-order valence-electron chi connectivity index (χ3n) is 1.81. The maximum Gasteiger partial charge on any atom is 0.322 e. The molecule has 0 radical (unpaired) electrons. The van der Waals surface area contributed by atoms with E-state index in [-0.39, 0.29) is 18.0 Å². The van der Waals surface area contributed by atoms with Crippen molar-refractivity contribution in [3.05, 3.63) is 0 Å². The summed E-state index contributed by atoms with van der Waals surface area (Å²) in [7, 11) is 4.67. The highest BCUT2D eigenvalue weighted by molar-refractivity contribution is 5.75. The van der Waals surface area contributed by atoms with Crippen LogP contribution in [0.5, 0.6) is 0 Å². The van der Waals surface area contributed by atoms with Crippen LogP contribution in [0.3, 0.4) is 0 Å². The number of esters is 1. The van der Waals surface area contributed by atoms with E-state index in [2.05, 4.69) is 15.4 Å². The average molecular weight is 217 g/mol. The Kier molecular flexibility index (Phi) is 6.44. The molecule has 6 heteroatoms. The zero-order valence-corrected chi connectivity index (χ0v) is 9.66. The van der Waals surface area contributed by atoms with Gasteiger partial charge in [-0.15, -0.1) is 0 Å². The number of carbonyl (C=O) groups is 2. The van der Waals surface area contributed by atoms with E-state index in [1.54, 1.807) is 21.0 Å². The Hall–Kier alpha value is -1.30. The highest BCUT2D eigenvalue weighted by Gasteiger charge is 2.11. The molecule has 0 aliphatic heterocycles. The fourth-order valence-electron chi connectivity index (χ4n) is 0.876. The van der Waals surface area contributed by atoms with Crippen molar-refractivity contribution in [2.75, 3.05) is 34.3 Å². The molecule has 15 heavy (non-hydrogen) atoms. The Morgan fingerprint density at radius 1 is 1.33 bits per heavy atom. The van der Waals surface area contributed by atoms with Crippen LogP contribution in [0, 0.1) is 0 Å². The molecule has 0 spiro atoms. The fourth-order valence-corrected chi connectivity index (χ4v) is 0.876. The van der Waals surface area contributed by atoms with Crippen LogP contribution in [0.4, 0.5) is 4.79 Å². The molecule has 0 heterocycles. The molecule has 0 aromatic rings. The molecule has 0 rings (SSSR count). The Balaban J connectivity index is 3.54. The van der Waals surface area contributed by atoms with Crippen LogP contribution in [0.25, 0.3) is 0 Å². The van der Waals surface area contributed by atoms with E-state index in [0.29, 0.717) is 13.1 Å². The van der Waals surface area contributed by atoms with E-state index in [1.807, 2.05) is 0 Å². The average Bonchev–Trinajstić information content (AvgIpc) is 2.22. The van der Waals surface area contributed by atoms with Crippen LogP contribution in [0.15, 0.2) is 0 Å². The Morgan fingerprint density at radius 3 is 2.40 bits per heavy atom. The van der Waals surface area contributed by atoms with E-state index >= 15 is 0 Å². The molecule has 0 saturated carbocycles. The lowest BCUT2D eigenvalue weighted by molar-refractivity contribution is -0.142. The first-order chi connectivity index (χ1) is 6.99. The molecule has 6 nitrogen and oxygen atoms in total. The minimum absolute atomic E-state index is 0.150. The minimum atomic E-state index is -0.355. The molecule has 0 aliphatic rings. The van der Waals surface area contributed by atoms with Crippen molar-refractivity contribution in [3.8, 4) is 0 Å². The number of carbonyl (C=O) groups excluding carboxylic acids is 2. The molecular formula is C9H19N3O3. The summed E-state index contributed by atoms with van der Waals surface area (Å²) in [5.41, 5.74) is 0. The summed E-state index contributed by atoms with van der Waals surface area (Å²) in [6, 6.07) is -0.506. The number of nitrogens with zero attached hydrogens (tertiary/aromatic N) is 1. The van der Waals surface area contributed by atoms with Crippen molar-refractivity contribution < 1.29 is 14.3 Å². The topological polar surface area (TPSA) is 70.7 Å². The molecule has 0 bridgehead atoms. The maximum atomic E-state index is 11.1. The van der Waals surface area contributed by atoms with Gasteiger partial charge in [0.25, 0.3) is 0 Å². The highest BCUT2D eigenvalue weighted by atomic mass is 16.5. The summed E-state index contributed by atoms with van der Waals surface area (Å²) >= 11 is 0. The minimum Gasteiger partial charge on any atom is -0.468 e. The second-order valence-electron chi connectivity index (χ2n) is 3.33.